The number of hydrogen-bond donors (Lipinski definition) is 1. The lowest BCUT2D eigenvalue weighted by Gasteiger charge is -2.20. The smallest absolute Gasteiger partial charge is 0.283 e. The van der Waals surface area contributed by atoms with Crippen LogP contribution in [-0.4, -0.2) is 31.5 Å². The van der Waals surface area contributed by atoms with Gasteiger partial charge >= 0.3 is 0 Å². The highest BCUT2D eigenvalue weighted by Crippen LogP contribution is 2.31. The highest BCUT2D eigenvalue weighted by molar-refractivity contribution is 8.27. The monoisotopic (exact) mass is 479 g/mol. The molecule has 5 rings (SSSR count). The Kier molecular flexibility index (Phi) is 5.36. The third-order valence-electron chi connectivity index (χ3n) is 5.26. The number of thioether (sulfide) groups is 1. The van der Waals surface area contributed by atoms with Gasteiger partial charge in [-0.3, -0.25) is 10.2 Å². The lowest BCUT2D eigenvalue weighted by Crippen LogP contribution is -2.35. The first-order valence-electron chi connectivity index (χ1n) is 9.87. The van der Waals surface area contributed by atoms with Gasteiger partial charge in [0.2, 0.25) is 5.17 Å². The number of amidine groups is 2. The van der Waals surface area contributed by atoms with Crippen LogP contribution in [0, 0.1) is 19.3 Å². The second-order valence-electron chi connectivity index (χ2n) is 7.41. The van der Waals surface area contributed by atoms with Gasteiger partial charge in [-0.15, -0.1) is 11.3 Å². The molecule has 0 fully saturated rings. The van der Waals surface area contributed by atoms with Crippen molar-refractivity contribution in [3.63, 3.8) is 0 Å². The summed E-state index contributed by atoms with van der Waals surface area (Å²) in [7, 11) is 0. The number of rotatable bonds is 4. The first-order chi connectivity index (χ1) is 15.4. The van der Waals surface area contributed by atoms with Gasteiger partial charge in [-0.2, -0.15) is 15.1 Å². The molecule has 9 heteroatoms. The van der Waals surface area contributed by atoms with E-state index in [1.165, 1.54) is 21.6 Å². The Labute approximate surface area is 198 Å². The van der Waals surface area contributed by atoms with E-state index in [0.717, 1.165) is 27.7 Å². The molecule has 0 radical (unpaired) electrons. The summed E-state index contributed by atoms with van der Waals surface area (Å²) in [6.07, 6.45) is 2.40. The summed E-state index contributed by atoms with van der Waals surface area (Å²) in [5, 5.41) is 18.6. The molecule has 0 atom stereocenters. The summed E-state index contributed by atoms with van der Waals surface area (Å²) < 4.78 is 2.09. The zero-order chi connectivity index (χ0) is 22.4. The number of halogens is 1. The van der Waals surface area contributed by atoms with Crippen LogP contribution in [0.3, 0.4) is 0 Å². The number of benzene rings is 1. The fraction of sp³-hybridized carbons (Fsp3) is 0.130. The van der Waals surface area contributed by atoms with Crippen LogP contribution in [-0.2, 0) is 11.2 Å². The highest BCUT2D eigenvalue weighted by Gasteiger charge is 2.35. The third-order valence-corrected chi connectivity index (χ3v) is 7.29. The maximum atomic E-state index is 12.8. The van der Waals surface area contributed by atoms with Crippen molar-refractivity contribution < 1.29 is 4.79 Å². The van der Waals surface area contributed by atoms with Crippen molar-refractivity contribution in [2.75, 3.05) is 0 Å². The Hall–Kier alpha value is -2.94. The van der Waals surface area contributed by atoms with Crippen molar-refractivity contribution in [1.29, 1.82) is 5.41 Å². The quantitative estimate of drug-likeness (QED) is 0.490. The summed E-state index contributed by atoms with van der Waals surface area (Å²) in [6.45, 7) is 3.99. The molecule has 6 nitrogen and oxygen atoms in total. The maximum Gasteiger partial charge on any atom is 0.283 e. The Morgan fingerprint density at radius 2 is 1.97 bits per heavy atom. The molecule has 1 amide bonds. The molecule has 0 spiro atoms. The van der Waals surface area contributed by atoms with Gasteiger partial charge in [0.25, 0.3) is 5.91 Å². The van der Waals surface area contributed by atoms with Gasteiger partial charge in [0, 0.05) is 33.4 Å². The second-order valence-corrected chi connectivity index (χ2v) is 9.92. The van der Waals surface area contributed by atoms with Crippen molar-refractivity contribution in [3.05, 3.63) is 80.3 Å². The summed E-state index contributed by atoms with van der Waals surface area (Å²) in [5.41, 5.74) is 4.05. The second kappa shape index (κ2) is 8.20. The van der Waals surface area contributed by atoms with Gasteiger partial charge in [0.1, 0.15) is 5.04 Å². The molecule has 32 heavy (non-hydrogen) atoms. The predicted molar refractivity (Wildman–Crippen MR) is 133 cm³/mol. The molecule has 0 saturated heterocycles. The van der Waals surface area contributed by atoms with Crippen LogP contribution in [0.4, 0.5) is 0 Å². The molecular formula is C23H18ClN5OS2. The van der Waals surface area contributed by atoms with E-state index in [-0.39, 0.29) is 11.4 Å². The fourth-order valence-electron chi connectivity index (χ4n) is 3.74. The Bertz CT molecular complexity index is 1330. The van der Waals surface area contributed by atoms with Gasteiger partial charge in [0.15, 0.2) is 5.84 Å². The SMILES string of the molecule is Cc1cc(C=C2C(=N)N3N=C(Cc4cccs4)SC3=NC2=O)c(C)n1-c1ccc(Cl)cc1. The number of carbonyl (C=O) groups is 1. The number of amides is 1. The number of aliphatic imine (C=N–C) groups is 1. The molecule has 0 bridgehead atoms. The zero-order valence-corrected chi connectivity index (χ0v) is 19.7. The van der Waals surface area contributed by atoms with E-state index in [2.05, 4.69) is 14.7 Å². The maximum absolute atomic E-state index is 12.8. The van der Waals surface area contributed by atoms with Crippen LogP contribution in [0.5, 0.6) is 0 Å². The van der Waals surface area contributed by atoms with Gasteiger partial charge in [-0.1, -0.05) is 17.7 Å². The van der Waals surface area contributed by atoms with Crippen LogP contribution in [0.15, 0.2) is 63.5 Å². The van der Waals surface area contributed by atoms with E-state index in [0.29, 0.717) is 16.6 Å². The molecule has 0 saturated carbocycles. The molecule has 1 N–H and O–H groups in total. The number of nitrogens with zero attached hydrogens (tertiary/aromatic N) is 4. The summed E-state index contributed by atoms with van der Waals surface area (Å²) in [6, 6.07) is 13.6. The molecule has 2 aliphatic rings. The molecule has 0 aliphatic carbocycles. The molecule has 0 unspecified atom stereocenters. The lowest BCUT2D eigenvalue weighted by molar-refractivity contribution is -0.114. The van der Waals surface area contributed by atoms with Crippen LogP contribution in [0.1, 0.15) is 21.8 Å². The predicted octanol–water partition coefficient (Wildman–Crippen LogP) is 5.67. The third kappa shape index (κ3) is 3.74. The number of nitrogens with one attached hydrogen (secondary N) is 1. The van der Waals surface area contributed by atoms with Crippen LogP contribution < -0.4 is 0 Å². The van der Waals surface area contributed by atoms with Crippen LogP contribution in [0.2, 0.25) is 5.02 Å². The molecule has 4 heterocycles. The minimum absolute atomic E-state index is 0.0463. The van der Waals surface area contributed by atoms with Crippen molar-refractivity contribution in [2.24, 2.45) is 10.1 Å². The molecule has 2 aliphatic heterocycles. The summed E-state index contributed by atoms with van der Waals surface area (Å²) in [5.74, 6) is -0.373. The molecule has 160 valence electrons. The van der Waals surface area contributed by atoms with Gasteiger partial charge in [-0.05, 0) is 79.0 Å². The van der Waals surface area contributed by atoms with Crippen molar-refractivity contribution in [1.82, 2.24) is 9.58 Å². The average Bonchev–Trinajstić information content (AvgIpc) is 3.47. The topological polar surface area (TPSA) is 73.8 Å². The first kappa shape index (κ1) is 20.9. The van der Waals surface area contributed by atoms with E-state index >= 15 is 0 Å². The van der Waals surface area contributed by atoms with Gasteiger partial charge in [0.05, 0.1) is 5.57 Å². The Morgan fingerprint density at radius 3 is 2.69 bits per heavy atom. The number of aromatic nitrogens is 1. The Balaban J connectivity index is 1.47. The van der Waals surface area contributed by atoms with E-state index in [1.807, 2.05) is 61.7 Å². The Morgan fingerprint density at radius 1 is 1.19 bits per heavy atom. The molecule has 3 aromatic rings. The highest BCUT2D eigenvalue weighted by atomic mass is 35.5. The average molecular weight is 480 g/mol. The minimum atomic E-state index is -0.419. The summed E-state index contributed by atoms with van der Waals surface area (Å²) in [4.78, 5) is 18.2. The van der Waals surface area contributed by atoms with Crippen molar-refractivity contribution in [2.45, 2.75) is 20.3 Å². The standard InChI is InChI=1S/C23H18ClN5OS2/c1-13-10-15(14(2)28(13)17-7-5-16(24)6-8-17)11-19-21(25)29-23(26-22(19)30)32-20(27-29)12-18-4-3-9-31-18/h3-11,25H,12H2,1-2H3. The van der Waals surface area contributed by atoms with E-state index in [4.69, 9.17) is 17.0 Å². The fourth-order valence-corrected chi connectivity index (χ4v) is 5.58. The number of fused-ring (bicyclic) bond motifs is 1. The van der Waals surface area contributed by atoms with Crippen molar-refractivity contribution in [3.8, 4) is 5.69 Å². The number of hydrogen-bond acceptors (Lipinski definition) is 5. The van der Waals surface area contributed by atoms with Crippen LogP contribution >= 0.6 is 34.7 Å². The largest absolute Gasteiger partial charge is 0.318 e. The van der Waals surface area contributed by atoms with Gasteiger partial charge < -0.3 is 4.57 Å². The summed E-state index contributed by atoms with van der Waals surface area (Å²) >= 11 is 9.03. The number of carbonyl (C=O) groups excluding carboxylic acids is 1. The number of thiophene rings is 1. The number of aryl methyl sites for hydroxylation is 1. The minimum Gasteiger partial charge on any atom is -0.318 e. The zero-order valence-electron chi connectivity index (χ0n) is 17.3. The normalized spacial score (nSPS) is 17.1. The van der Waals surface area contributed by atoms with Gasteiger partial charge in [-0.25, -0.2) is 0 Å². The molecule has 2 aromatic heterocycles. The lowest BCUT2D eigenvalue weighted by atomic mass is 10.1. The van der Waals surface area contributed by atoms with E-state index in [9.17, 15) is 4.79 Å². The number of hydrazone groups is 1. The van der Waals surface area contributed by atoms with E-state index < -0.39 is 5.91 Å². The molecule has 1 aromatic carbocycles. The van der Waals surface area contributed by atoms with Crippen LogP contribution in [0.25, 0.3) is 11.8 Å². The van der Waals surface area contributed by atoms with Crippen molar-refractivity contribution >= 4 is 62.7 Å². The van der Waals surface area contributed by atoms with E-state index in [1.54, 1.807) is 17.4 Å². The molecular weight excluding hydrogens is 462 g/mol. The first-order valence-corrected chi connectivity index (χ1v) is 11.9.